The van der Waals surface area contributed by atoms with E-state index in [1.54, 1.807) is 6.20 Å². The van der Waals surface area contributed by atoms with E-state index in [1.165, 1.54) is 48.5 Å². The molecule has 0 bridgehead atoms. The van der Waals surface area contributed by atoms with Gasteiger partial charge in [-0.3, -0.25) is 0 Å². The van der Waals surface area contributed by atoms with Gasteiger partial charge in [0.15, 0.2) is 0 Å². The molecule has 0 aliphatic heterocycles. The van der Waals surface area contributed by atoms with Crippen molar-refractivity contribution in [2.75, 3.05) is 0 Å². The average Bonchev–Trinajstić information content (AvgIpc) is 2.67. The highest BCUT2D eigenvalue weighted by molar-refractivity contribution is 7.06. The summed E-state index contributed by atoms with van der Waals surface area (Å²) < 4.78 is 4.09. The van der Waals surface area contributed by atoms with Crippen molar-refractivity contribution >= 4 is 11.5 Å². The Morgan fingerprint density at radius 3 is 2.85 bits per heavy atom. The first-order valence-corrected chi connectivity index (χ1v) is 5.54. The van der Waals surface area contributed by atoms with Gasteiger partial charge in [-0.25, -0.2) is 0 Å². The minimum atomic E-state index is 0.621. The number of nitriles is 1. The molecule has 1 heterocycles. The summed E-state index contributed by atoms with van der Waals surface area (Å²) in [6.07, 6.45) is 8.18. The lowest BCUT2D eigenvalue weighted by Crippen LogP contribution is -2.03. The van der Waals surface area contributed by atoms with Crippen LogP contribution in [0.15, 0.2) is 6.20 Å². The van der Waals surface area contributed by atoms with Gasteiger partial charge < -0.3 is 0 Å². The Balaban J connectivity index is 2.19. The lowest BCUT2D eigenvalue weighted by atomic mass is 9.87. The van der Waals surface area contributed by atoms with Crippen LogP contribution in [0, 0.1) is 11.3 Å². The van der Waals surface area contributed by atoms with Crippen LogP contribution in [0.2, 0.25) is 0 Å². The van der Waals surface area contributed by atoms with E-state index in [2.05, 4.69) is 10.4 Å². The highest BCUT2D eigenvalue weighted by Gasteiger charge is 2.20. The first-order valence-electron chi connectivity index (χ1n) is 4.76. The third-order valence-corrected chi connectivity index (χ3v) is 3.66. The lowest BCUT2D eigenvalue weighted by Gasteiger charge is -2.19. The summed E-state index contributed by atoms with van der Waals surface area (Å²) in [5.74, 6) is 0.621. The maximum absolute atomic E-state index is 8.85. The molecule has 0 atom stereocenters. The molecule has 0 N–H and O–H groups in total. The SMILES string of the molecule is N#Cc1cnsc1C1CCCCC1. The fourth-order valence-corrected chi connectivity index (χ4v) is 2.84. The Morgan fingerprint density at radius 2 is 2.15 bits per heavy atom. The molecule has 1 aliphatic rings. The van der Waals surface area contributed by atoms with E-state index < -0.39 is 0 Å². The normalized spacial score (nSPS) is 18.4. The Bertz CT molecular complexity index is 318. The topological polar surface area (TPSA) is 36.7 Å². The third kappa shape index (κ3) is 1.73. The van der Waals surface area contributed by atoms with Crippen LogP contribution in [0.25, 0.3) is 0 Å². The van der Waals surface area contributed by atoms with E-state index >= 15 is 0 Å². The van der Waals surface area contributed by atoms with E-state index in [-0.39, 0.29) is 0 Å². The predicted molar refractivity (Wildman–Crippen MR) is 52.7 cm³/mol. The van der Waals surface area contributed by atoms with E-state index in [0.29, 0.717) is 5.92 Å². The molecular weight excluding hydrogens is 180 g/mol. The van der Waals surface area contributed by atoms with Gasteiger partial charge in [0.2, 0.25) is 0 Å². The van der Waals surface area contributed by atoms with Gasteiger partial charge in [0.25, 0.3) is 0 Å². The molecular formula is C10H12N2S. The van der Waals surface area contributed by atoms with Crippen LogP contribution < -0.4 is 0 Å². The van der Waals surface area contributed by atoms with Gasteiger partial charge in [-0.15, -0.1) is 0 Å². The highest BCUT2D eigenvalue weighted by Crippen LogP contribution is 2.35. The second-order valence-electron chi connectivity index (χ2n) is 3.55. The van der Waals surface area contributed by atoms with E-state index in [0.717, 1.165) is 5.56 Å². The van der Waals surface area contributed by atoms with Crippen molar-refractivity contribution < 1.29 is 0 Å². The summed E-state index contributed by atoms with van der Waals surface area (Å²) in [6.45, 7) is 0. The third-order valence-electron chi connectivity index (χ3n) is 2.69. The average molecular weight is 192 g/mol. The summed E-state index contributed by atoms with van der Waals surface area (Å²) in [5, 5.41) is 8.85. The van der Waals surface area contributed by atoms with Gasteiger partial charge in [-0.1, -0.05) is 19.3 Å². The smallest absolute Gasteiger partial charge is 0.102 e. The number of hydrogen-bond acceptors (Lipinski definition) is 3. The molecule has 2 nitrogen and oxygen atoms in total. The molecule has 1 aliphatic carbocycles. The zero-order chi connectivity index (χ0) is 9.10. The molecule has 3 heteroatoms. The molecule has 0 aromatic carbocycles. The Labute approximate surface area is 82.4 Å². The van der Waals surface area contributed by atoms with E-state index in [4.69, 9.17) is 5.26 Å². The van der Waals surface area contributed by atoms with Crippen molar-refractivity contribution in [2.24, 2.45) is 0 Å². The number of nitrogens with zero attached hydrogens (tertiary/aromatic N) is 2. The molecule has 1 aromatic rings. The van der Waals surface area contributed by atoms with Gasteiger partial charge in [0.1, 0.15) is 6.07 Å². The molecule has 13 heavy (non-hydrogen) atoms. The van der Waals surface area contributed by atoms with Crippen LogP contribution in [0.5, 0.6) is 0 Å². The first-order chi connectivity index (χ1) is 6.42. The summed E-state index contributed by atoms with van der Waals surface area (Å²) in [5.41, 5.74) is 0.803. The van der Waals surface area contributed by atoms with Crippen molar-refractivity contribution in [3.63, 3.8) is 0 Å². The van der Waals surface area contributed by atoms with Crippen LogP contribution in [0.1, 0.15) is 48.5 Å². The number of aromatic nitrogens is 1. The predicted octanol–water partition coefficient (Wildman–Crippen LogP) is 3.06. The molecule has 1 fully saturated rings. The fraction of sp³-hybridized carbons (Fsp3) is 0.600. The first kappa shape index (κ1) is 8.71. The molecule has 0 saturated heterocycles. The van der Waals surface area contributed by atoms with E-state index in [9.17, 15) is 0 Å². The van der Waals surface area contributed by atoms with Crippen molar-refractivity contribution in [3.8, 4) is 6.07 Å². The molecule has 2 rings (SSSR count). The standard InChI is InChI=1S/C10H12N2S/c11-6-9-7-12-13-10(9)8-4-2-1-3-5-8/h7-8H,1-5H2. The Hall–Kier alpha value is -0.880. The van der Waals surface area contributed by atoms with Crippen LogP contribution in [-0.2, 0) is 0 Å². The van der Waals surface area contributed by atoms with Gasteiger partial charge in [0, 0.05) is 4.88 Å². The summed E-state index contributed by atoms with van der Waals surface area (Å²) in [7, 11) is 0. The maximum Gasteiger partial charge on any atom is 0.102 e. The molecule has 68 valence electrons. The second-order valence-corrected chi connectivity index (χ2v) is 4.38. The lowest BCUT2D eigenvalue weighted by molar-refractivity contribution is 0.448. The molecule has 0 spiro atoms. The van der Waals surface area contributed by atoms with Crippen molar-refractivity contribution in [1.82, 2.24) is 4.37 Å². The zero-order valence-corrected chi connectivity index (χ0v) is 8.31. The maximum atomic E-state index is 8.85. The highest BCUT2D eigenvalue weighted by atomic mass is 32.1. The van der Waals surface area contributed by atoms with Crippen LogP contribution >= 0.6 is 11.5 Å². The van der Waals surface area contributed by atoms with Crippen molar-refractivity contribution in [1.29, 1.82) is 5.26 Å². The molecule has 1 saturated carbocycles. The Kier molecular flexibility index (Phi) is 2.60. The van der Waals surface area contributed by atoms with Crippen molar-refractivity contribution in [2.45, 2.75) is 38.0 Å². The van der Waals surface area contributed by atoms with Crippen LogP contribution in [-0.4, -0.2) is 4.37 Å². The monoisotopic (exact) mass is 192 g/mol. The van der Waals surface area contributed by atoms with Crippen LogP contribution in [0.3, 0.4) is 0 Å². The molecule has 1 aromatic heterocycles. The summed E-state index contributed by atoms with van der Waals surface area (Å²) in [6, 6.07) is 2.22. The quantitative estimate of drug-likeness (QED) is 0.685. The van der Waals surface area contributed by atoms with Gasteiger partial charge in [-0.05, 0) is 30.3 Å². The number of rotatable bonds is 1. The molecule has 0 radical (unpaired) electrons. The zero-order valence-electron chi connectivity index (χ0n) is 7.49. The van der Waals surface area contributed by atoms with Gasteiger partial charge >= 0.3 is 0 Å². The fourth-order valence-electron chi connectivity index (χ4n) is 1.99. The largest absolute Gasteiger partial charge is 0.199 e. The minimum absolute atomic E-state index is 0.621. The Morgan fingerprint density at radius 1 is 1.38 bits per heavy atom. The van der Waals surface area contributed by atoms with E-state index in [1.807, 2.05) is 0 Å². The summed E-state index contributed by atoms with van der Waals surface area (Å²) in [4.78, 5) is 1.22. The molecule has 0 unspecified atom stereocenters. The molecule has 0 amide bonds. The van der Waals surface area contributed by atoms with Gasteiger partial charge in [0.05, 0.1) is 11.8 Å². The minimum Gasteiger partial charge on any atom is -0.199 e. The summed E-state index contributed by atoms with van der Waals surface area (Å²) >= 11 is 1.51. The van der Waals surface area contributed by atoms with Crippen LogP contribution in [0.4, 0.5) is 0 Å². The van der Waals surface area contributed by atoms with Gasteiger partial charge in [-0.2, -0.15) is 9.64 Å². The second kappa shape index (κ2) is 3.89. The number of hydrogen-bond donors (Lipinski definition) is 0. The van der Waals surface area contributed by atoms with Crippen molar-refractivity contribution in [3.05, 3.63) is 16.6 Å².